The molecule has 0 spiro atoms. The summed E-state index contributed by atoms with van der Waals surface area (Å²) in [5.41, 5.74) is 0.866. The fourth-order valence-electron chi connectivity index (χ4n) is 2.70. The van der Waals surface area contributed by atoms with Gasteiger partial charge < -0.3 is 9.47 Å². The van der Waals surface area contributed by atoms with E-state index in [1.54, 1.807) is 19.2 Å². The van der Waals surface area contributed by atoms with Crippen LogP contribution < -0.4 is 4.74 Å². The third-order valence-electron chi connectivity index (χ3n) is 3.74. The van der Waals surface area contributed by atoms with Gasteiger partial charge in [-0.25, -0.2) is 0 Å². The summed E-state index contributed by atoms with van der Waals surface area (Å²) >= 11 is 5.97. The molecule has 2 rings (SSSR count). The molecule has 1 aliphatic rings. The topological polar surface area (TPSA) is 35.5 Å². The molecule has 1 aliphatic carbocycles. The Hall–Kier alpha value is -1.06. The van der Waals surface area contributed by atoms with Crippen molar-refractivity contribution in [2.24, 2.45) is 5.92 Å². The number of benzene rings is 1. The van der Waals surface area contributed by atoms with E-state index in [4.69, 9.17) is 21.1 Å². The first kappa shape index (κ1) is 15.3. The van der Waals surface area contributed by atoms with Gasteiger partial charge in [-0.05, 0) is 43.9 Å². The van der Waals surface area contributed by atoms with E-state index in [9.17, 15) is 4.79 Å². The van der Waals surface area contributed by atoms with Crippen LogP contribution in [-0.2, 0) is 16.0 Å². The Morgan fingerprint density at radius 1 is 1.40 bits per heavy atom. The highest BCUT2D eigenvalue weighted by molar-refractivity contribution is 6.30. The predicted octanol–water partition coefficient (Wildman–Crippen LogP) is 3.67. The van der Waals surface area contributed by atoms with Crippen LogP contribution in [0.5, 0.6) is 5.75 Å². The van der Waals surface area contributed by atoms with Crippen molar-refractivity contribution in [1.82, 2.24) is 0 Å². The molecule has 1 aromatic rings. The van der Waals surface area contributed by atoms with Gasteiger partial charge in [0.2, 0.25) is 0 Å². The summed E-state index contributed by atoms with van der Waals surface area (Å²) < 4.78 is 10.8. The summed E-state index contributed by atoms with van der Waals surface area (Å²) in [6.45, 7) is 2.76. The number of methoxy groups -OCH3 is 1. The summed E-state index contributed by atoms with van der Waals surface area (Å²) in [5, 5.41) is 0.633. The third-order valence-corrected chi connectivity index (χ3v) is 3.98. The van der Waals surface area contributed by atoms with Crippen molar-refractivity contribution in [3.63, 3.8) is 0 Å². The maximum Gasteiger partial charge on any atom is 0.137 e. The predicted molar refractivity (Wildman–Crippen MR) is 79.5 cm³/mol. The molecule has 0 bridgehead atoms. The average molecular weight is 297 g/mol. The van der Waals surface area contributed by atoms with Crippen LogP contribution >= 0.6 is 11.6 Å². The molecule has 0 aliphatic heterocycles. The molecule has 1 saturated carbocycles. The average Bonchev–Trinajstić information content (AvgIpc) is 2.36. The zero-order valence-electron chi connectivity index (χ0n) is 12.0. The SMILES string of the molecule is CCOC1CC(CC(=O)Cc2cc(Cl)ccc2OC)C1. The van der Waals surface area contributed by atoms with E-state index in [1.165, 1.54) is 0 Å². The van der Waals surface area contributed by atoms with Crippen molar-refractivity contribution in [2.75, 3.05) is 13.7 Å². The Balaban J connectivity index is 1.85. The van der Waals surface area contributed by atoms with E-state index in [2.05, 4.69) is 0 Å². The second kappa shape index (κ2) is 7.09. The second-order valence-electron chi connectivity index (χ2n) is 5.29. The van der Waals surface area contributed by atoms with Crippen LogP contribution in [0.15, 0.2) is 18.2 Å². The van der Waals surface area contributed by atoms with Crippen molar-refractivity contribution in [1.29, 1.82) is 0 Å². The molecule has 4 heteroatoms. The van der Waals surface area contributed by atoms with Crippen molar-refractivity contribution >= 4 is 17.4 Å². The van der Waals surface area contributed by atoms with Gasteiger partial charge in [0, 0.05) is 30.0 Å². The van der Waals surface area contributed by atoms with E-state index >= 15 is 0 Å². The van der Waals surface area contributed by atoms with E-state index in [0.717, 1.165) is 30.8 Å². The molecule has 0 saturated heterocycles. The zero-order chi connectivity index (χ0) is 14.5. The summed E-state index contributed by atoms with van der Waals surface area (Å²) in [7, 11) is 1.61. The van der Waals surface area contributed by atoms with Gasteiger partial charge in [0.1, 0.15) is 11.5 Å². The Bertz CT molecular complexity index is 467. The highest BCUT2D eigenvalue weighted by Crippen LogP contribution is 2.33. The molecule has 0 unspecified atom stereocenters. The first-order chi connectivity index (χ1) is 9.62. The van der Waals surface area contributed by atoms with Gasteiger partial charge in [-0.15, -0.1) is 0 Å². The van der Waals surface area contributed by atoms with E-state index in [1.807, 2.05) is 13.0 Å². The number of halogens is 1. The van der Waals surface area contributed by atoms with E-state index in [-0.39, 0.29) is 5.78 Å². The minimum Gasteiger partial charge on any atom is -0.496 e. The largest absolute Gasteiger partial charge is 0.496 e. The van der Waals surface area contributed by atoms with E-state index in [0.29, 0.717) is 29.9 Å². The molecule has 1 aromatic carbocycles. The lowest BCUT2D eigenvalue weighted by Crippen LogP contribution is -2.33. The first-order valence-corrected chi connectivity index (χ1v) is 7.45. The highest BCUT2D eigenvalue weighted by Gasteiger charge is 2.31. The lowest BCUT2D eigenvalue weighted by Gasteiger charge is -2.34. The van der Waals surface area contributed by atoms with Crippen LogP contribution in [0.25, 0.3) is 0 Å². The molecule has 0 radical (unpaired) electrons. The Labute approximate surface area is 125 Å². The fourth-order valence-corrected chi connectivity index (χ4v) is 2.90. The van der Waals surface area contributed by atoms with Gasteiger partial charge in [-0.2, -0.15) is 0 Å². The molecule has 1 fully saturated rings. The van der Waals surface area contributed by atoms with Crippen LogP contribution in [0.4, 0.5) is 0 Å². The monoisotopic (exact) mass is 296 g/mol. The molecule has 20 heavy (non-hydrogen) atoms. The van der Waals surface area contributed by atoms with Crippen molar-refractivity contribution in [3.05, 3.63) is 28.8 Å². The fraction of sp³-hybridized carbons (Fsp3) is 0.562. The molecule has 0 aromatic heterocycles. The third kappa shape index (κ3) is 3.97. The van der Waals surface area contributed by atoms with Crippen molar-refractivity contribution in [3.8, 4) is 5.75 Å². The number of carbonyl (C=O) groups is 1. The number of ketones is 1. The number of rotatable bonds is 7. The van der Waals surface area contributed by atoms with Gasteiger partial charge in [-0.3, -0.25) is 4.79 Å². The maximum absolute atomic E-state index is 12.1. The standard InChI is InChI=1S/C16H21ClO3/c1-3-20-15-7-11(8-15)6-14(18)10-12-9-13(17)4-5-16(12)19-2/h4-5,9,11,15H,3,6-8,10H2,1-2H3. The molecular weight excluding hydrogens is 276 g/mol. The number of Topliss-reactive ketones (excluding diaryl/α,β-unsaturated/α-hetero) is 1. The lowest BCUT2D eigenvalue weighted by atomic mass is 9.78. The van der Waals surface area contributed by atoms with E-state index < -0.39 is 0 Å². The van der Waals surface area contributed by atoms with Crippen LogP contribution in [-0.4, -0.2) is 25.6 Å². The Kier molecular flexibility index (Phi) is 5.44. The molecule has 0 amide bonds. The van der Waals surface area contributed by atoms with Crippen molar-refractivity contribution < 1.29 is 14.3 Å². The van der Waals surface area contributed by atoms with Gasteiger partial charge >= 0.3 is 0 Å². The number of ether oxygens (including phenoxy) is 2. The number of hydrogen-bond acceptors (Lipinski definition) is 3. The summed E-state index contributed by atoms with van der Waals surface area (Å²) in [5.74, 6) is 1.44. The molecule has 0 atom stereocenters. The molecule has 110 valence electrons. The summed E-state index contributed by atoms with van der Waals surface area (Å²) in [4.78, 5) is 12.1. The maximum atomic E-state index is 12.1. The molecule has 3 nitrogen and oxygen atoms in total. The quantitative estimate of drug-likeness (QED) is 0.770. The number of carbonyl (C=O) groups excluding carboxylic acids is 1. The minimum absolute atomic E-state index is 0.241. The van der Waals surface area contributed by atoms with Crippen LogP contribution in [0.3, 0.4) is 0 Å². The molecular formula is C16H21ClO3. The smallest absolute Gasteiger partial charge is 0.137 e. The highest BCUT2D eigenvalue weighted by atomic mass is 35.5. The molecule has 0 heterocycles. The Morgan fingerprint density at radius 3 is 2.80 bits per heavy atom. The van der Waals surface area contributed by atoms with Gasteiger partial charge in [0.05, 0.1) is 13.2 Å². The van der Waals surface area contributed by atoms with Gasteiger partial charge in [0.15, 0.2) is 0 Å². The zero-order valence-corrected chi connectivity index (χ0v) is 12.8. The van der Waals surface area contributed by atoms with Gasteiger partial charge in [0.25, 0.3) is 0 Å². The van der Waals surface area contributed by atoms with Gasteiger partial charge in [-0.1, -0.05) is 11.6 Å². The van der Waals surface area contributed by atoms with Crippen LogP contribution in [0, 0.1) is 5.92 Å². The molecule has 0 N–H and O–H groups in total. The normalized spacial score (nSPS) is 21.4. The second-order valence-corrected chi connectivity index (χ2v) is 5.73. The van der Waals surface area contributed by atoms with Crippen LogP contribution in [0.2, 0.25) is 5.02 Å². The Morgan fingerprint density at radius 2 is 2.15 bits per heavy atom. The number of hydrogen-bond donors (Lipinski definition) is 0. The minimum atomic E-state index is 0.241. The first-order valence-electron chi connectivity index (χ1n) is 7.08. The summed E-state index contributed by atoms with van der Waals surface area (Å²) in [6, 6.07) is 5.38. The summed E-state index contributed by atoms with van der Waals surface area (Å²) in [6.07, 6.45) is 3.38. The lowest BCUT2D eigenvalue weighted by molar-refractivity contribution is -0.121. The van der Waals surface area contributed by atoms with Crippen molar-refractivity contribution in [2.45, 2.75) is 38.7 Å². The van der Waals surface area contributed by atoms with Crippen LogP contribution in [0.1, 0.15) is 31.7 Å².